The second-order valence-corrected chi connectivity index (χ2v) is 8.77. The van der Waals surface area contributed by atoms with Crippen LogP contribution in [0.2, 0.25) is 5.02 Å². The Morgan fingerprint density at radius 1 is 1.00 bits per heavy atom. The van der Waals surface area contributed by atoms with Gasteiger partial charge in [0.05, 0.1) is 18.0 Å². The van der Waals surface area contributed by atoms with Gasteiger partial charge in [0.25, 0.3) is 0 Å². The molecular weight excluding hydrogens is 426 g/mol. The number of hydrogen-bond acceptors (Lipinski definition) is 7. The first-order valence-electron chi connectivity index (χ1n) is 10.1. The molecule has 30 heavy (non-hydrogen) atoms. The molecule has 0 unspecified atom stereocenters. The van der Waals surface area contributed by atoms with E-state index in [4.69, 9.17) is 11.6 Å². The van der Waals surface area contributed by atoms with Gasteiger partial charge in [0.15, 0.2) is 0 Å². The molecule has 2 aliphatic heterocycles. The van der Waals surface area contributed by atoms with Crippen LogP contribution in [-0.4, -0.2) is 98.3 Å². The maximum absolute atomic E-state index is 12.6. The third kappa shape index (κ3) is 5.11. The summed E-state index contributed by atoms with van der Waals surface area (Å²) in [6.07, 6.45) is 2.21. The van der Waals surface area contributed by atoms with Crippen molar-refractivity contribution < 1.29 is 9.59 Å². The lowest BCUT2D eigenvalue weighted by Gasteiger charge is -2.35. The lowest BCUT2D eigenvalue weighted by molar-refractivity contribution is -0.133. The average molecular weight is 450 g/mol. The number of tetrazole rings is 1. The van der Waals surface area contributed by atoms with Crippen LogP contribution in [0, 0.1) is 0 Å². The molecule has 0 atom stereocenters. The number of aromatic nitrogens is 4. The van der Waals surface area contributed by atoms with E-state index >= 15 is 0 Å². The number of benzene rings is 1. The van der Waals surface area contributed by atoms with E-state index in [0.29, 0.717) is 29.8 Å². The maximum Gasteiger partial charge on any atom is 0.236 e. The molecule has 1 aromatic carbocycles. The third-order valence-corrected chi connectivity index (χ3v) is 6.50. The average Bonchev–Trinajstić information content (AvgIpc) is 3.45. The summed E-state index contributed by atoms with van der Waals surface area (Å²) in [5.41, 5.74) is 0.749. The van der Waals surface area contributed by atoms with Gasteiger partial charge in [-0.25, -0.2) is 0 Å². The zero-order chi connectivity index (χ0) is 20.9. The highest BCUT2D eigenvalue weighted by molar-refractivity contribution is 7.99. The molecule has 2 aromatic rings. The number of thioether (sulfide) groups is 1. The number of rotatable bonds is 6. The number of nitrogens with zero attached hydrogens (tertiary/aromatic N) is 7. The van der Waals surface area contributed by atoms with Gasteiger partial charge in [0.2, 0.25) is 17.0 Å². The Morgan fingerprint density at radius 3 is 2.47 bits per heavy atom. The van der Waals surface area contributed by atoms with Gasteiger partial charge >= 0.3 is 0 Å². The summed E-state index contributed by atoms with van der Waals surface area (Å²) in [6.45, 7) is 4.90. The van der Waals surface area contributed by atoms with Gasteiger partial charge in [-0.05, 0) is 41.5 Å². The Balaban J connectivity index is 1.25. The summed E-state index contributed by atoms with van der Waals surface area (Å²) in [7, 11) is 0. The van der Waals surface area contributed by atoms with Crippen molar-refractivity contribution in [2.24, 2.45) is 0 Å². The fraction of sp³-hybridized carbons (Fsp3) is 0.526. The van der Waals surface area contributed by atoms with Gasteiger partial charge in [0, 0.05) is 44.3 Å². The van der Waals surface area contributed by atoms with E-state index in [9.17, 15) is 9.59 Å². The molecule has 0 saturated carbocycles. The zero-order valence-corrected chi connectivity index (χ0v) is 18.2. The van der Waals surface area contributed by atoms with Crippen molar-refractivity contribution in [2.75, 3.05) is 51.6 Å². The number of amides is 2. The van der Waals surface area contributed by atoms with Crippen LogP contribution in [-0.2, 0) is 9.59 Å². The molecule has 160 valence electrons. The van der Waals surface area contributed by atoms with Crippen LogP contribution in [0.15, 0.2) is 29.4 Å². The lowest BCUT2D eigenvalue weighted by atomic mass is 10.3. The molecule has 2 fully saturated rings. The minimum Gasteiger partial charge on any atom is -0.342 e. The van der Waals surface area contributed by atoms with Crippen LogP contribution in [0.4, 0.5) is 0 Å². The number of hydrogen-bond donors (Lipinski definition) is 0. The summed E-state index contributed by atoms with van der Waals surface area (Å²) in [4.78, 5) is 30.9. The second-order valence-electron chi connectivity index (χ2n) is 7.39. The Kier molecular flexibility index (Phi) is 6.86. The molecule has 9 nitrogen and oxygen atoms in total. The highest BCUT2D eigenvalue weighted by Crippen LogP contribution is 2.21. The fourth-order valence-corrected chi connectivity index (χ4v) is 4.65. The zero-order valence-electron chi connectivity index (χ0n) is 16.6. The first-order chi connectivity index (χ1) is 14.6. The van der Waals surface area contributed by atoms with E-state index in [1.807, 2.05) is 21.9 Å². The van der Waals surface area contributed by atoms with E-state index < -0.39 is 0 Å². The number of carbonyl (C=O) groups is 2. The summed E-state index contributed by atoms with van der Waals surface area (Å²) >= 11 is 7.35. The molecule has 11 heteroatoms. The van der Waals surface area contributed by atoms with Crippen molar-refractivity contribution in [3.05, 3.63) is 29.3 Å². The number of halogens is 1. The standard InChI is InChI=1S/C19H24ClN7O2S/c20-15-4-3-5-16(12-15)27-19(21-22-23-27)30-14-18(29)26-10-8-24(9-11-26)13-17(28)25-6-1-2-7-25/h3-5,12H,1-2,6-11,13-14H2. The SMILES string of the molecule is O=C(CSc1nnnn1-c1cccc(Cl)c1)N1CCN(CC(=O)N2CCCC2)CC1. The summed E-state index contributed by atoms with van der Waals surface area (Å²) < 4.78 is 1.58. The smallest absolute Gasteiger partial charge is 0.236 e. The van der Waals surface area contributed by atoms with Gasteiger partial charge in [-0.2, -0.15) is 4.68 Å². The maximum atomic E-state index is 12.6. The third-order valence-electron chi connectivity index (χ3n) is 5.36. The number of likely N-dealkylation sites (tertiary alicyclic amines) is 1. The quantitative estimate of drug-likeness (QED) is 0.612. The largest absolute Gasteiger partial charge is 0.342 e. The minimum absolute atomic E-state index is 0.0474. The summed E-state index contributed by atoms with van der Waals surface area (Å²) in [5.74, 6) is 0.509. The molecule has 0 N–H and O–H groups in total. The van der Waals surface area contributed by atoms with E-state index in [2.05, 4.69) is 20.4 Å². The predicted octanol–water partition coefficient (Wildman–Crippen LogP) is 1.17. The summed E-state index contributed by atoms with van der Waals surface area (Å²) in [5, 5.41) is 12.9. The van der Waals surface area contributed by atoms with Crippen LogP contribution in [0.5, 0.6) is 0 Å². The van der Waals surface area contributed by atoms with E-state index in [-0.39, 0.29) is 17.6 Å². The van der Waals surface area contributed by atoms with Crippen molar-refractivity contribution in [3.63, 3.8) is 0 Å². The van der Waals surface area contributed by atoms with Crippen molar-refractivity contribution in [2.45, 2.75) is 18.0 Å². The molecule has 0 radical (unpaired) electrons. The molecule has 0 bridgehead atoms. The van der Waals surface area contributed by atoms with Gasteiger partial charge in [-0.15, -0.1) is 5.10 Å². The van der Waals surface area contributed by atoms with Crippen LogP contribution >= 0.6 is 23.4 Å². The fourth-order valence-electron chi connectivity index (χ4n) is 3.67. The highest BCUT2D eigenvalue weighted by atomic mass is 35.5. The van der Waals surface area contributed by atoms with Crippen molar-refractivity contribution >= 4 is 35.2 Å². The normalized spacial score (nSPS) is 17.5. The van der Waals surface area contributed by atoms with Crippen LogP contribution in [0.3, 0.4) is 0 Å². The molecular formula is C19H24ClN7O2S. The van der Waals surface area contributed by atoms with Crippen LogP contribution < -0.4 is 0 Å². The first-order valence-corrected chi connectivity index (χ1v) is 11.4. The van der Waals surface area contributed by atoms with Crippen molar-refractivity contribution in [1.29, 1.82) is 0 Å². The van der Waals surface area contributed by atoms with Gasteiger partial charge in [0.1, 0.15) is 0 Å². The topological polar surface area (TPSA) is 87.5 Å². The molecule has 2 aliphatic rings. The molecule has 4 rings (SSSR count). The van der Waals surface area contributed by atoms with E-state index in [1.165, 1.54) is 11.8 Å². The highest BCUT2D eigenvalue weighted by Gasteiger charge is 2.25. The Labute approximate surface area is 184 Å². The Bertz CT molecular complexity index is 895. The monoisotopic (exact) mass is 449 g/mol. The lowest BCUT2D eigenvalue weighted by Crippen LogP contribution is -2.51. The van der Waals surface area contributed by atoms with Crippen molar-refractivity contribution in [1.82, 2.24) is 34.9 Å². The van der Waals surface area contributed by atoms with Crippen LogP contribution in [0.1, 0.15) is 12.8 Å². The molecule has 0 aliphatic carbocycles. The Morgan fingerprint density at radius 2 is 1.73 bits per heavy atom. The molecule has 2 saturated heterocycles. The number of piperazine rings is 1. The van der Waals surface area contributed by atoms with Crippen LogP contribution in [0.25, 0.3) is 5.69 Å². The minimum atomic E-state index is 0.0474. The predicted molar refractivity (Wildman–Crippen MR) is 114 cm³/mol. The molecule has 2 amide bonds. The Hall–Kier alpha value is -2.17. The molecule has 3 heterocycles. The summed E-state index contributed by atoms with van der Waals surface area (Å²) in [6, 6.07) is 7.24. The number of carbonyl (C=O) groups excluding carboxylic acids is 2. The van der Waals surface area contributed by atoms with E-state index in [0.717, 1.165) is 44.7 Å². The second kappa shape index (κ2) is 9.76. The van der Waals surface area contributed by atoms with E-state index in [1.54, 1.807) is 16.8 Å². The van der Waals surface area contributed by atoms with Gasteiger partial charge in [-0.1, -0.05) is 29.4 Å². The van der Waals surface area contributed by atoms with Crippen molar-refractivity contribution in [3.8, 4) is 5.69 Å². The van der Waals surface area contributed by atoms with Gasteiger partial charge < -0.3 is 9.80 Å². The first kappa shape index (κ1) is 21.1. The molecule has 0 spiro atoms. The van der Waals surface area contributed by atoms with Gasteiger partial charge in [-0.3, -0.25) is 14.5 Å². The molecule has 1 aromatic heterocycles.